The minimum absolute atomic E-state index is 0.905. The predicted octanol–water partition coefficient (Wildman–Crippen LogP) is 7.81. The molecule has 1 fully saturated rings. The van der Waals surface area contributed by atoms with Crippen LogP contribution < -0.4 is 0 Å². The van der Waals surface area contributed by atoms with E-state index >= 15 is 0 Å². The third-order valence-electron chi connectivity index (χ3n) is 3.27. The fraction of sp³-hybridized carbons (Fsp3) is 1.00. The molecule has 0 aromatic carbocycles. The van der Waals surface area contributed by atoms with E-state index in [1.54, 1.807) is 0 Å². The van der Waals surface area contributed by atoms with Crippen molar-refractivity contribution in [2.75, 3.05) is 5.75 Å². The first-order chi connectivity index (χ1) is 9.61. The second-order valence-electron chi connectivity index (χ2n) is 5.48. The van der Waals surface area contributed by atoms with Gasteiger partial charge >= 0.3 is 0 Å². The summed E-state index contributed by atoms with van der Waals surface area (Å²) in [6.07, 6.45) is 8.43. The molecule has 1 heterocycles. The zero-order valence-corrected chi connectivity index (χ0v) is 16.9. The van der Waals surface area contributed by atoms with Crippen molar-refractivity contribution in [1.82, 2.24) is 0 Å². The van der Waals surface area contributed by atoms with Gasteiger partial charge in [-0.15, -0.1) is 0 Å². The Morgan fingerprint density at radius 2 is 1.35 bits per heavy atom. The van der Waals surface area contributed by atoms with Gasteiger partial charge < -0.3 is 0 Å². The van der Waals surface area contributed by atoms with Crippen molar-refractivity contribution in [2.45, 2.75) is 106 Å². The van der Waals surface area contributed by atoms with E-state index in [2.05, 4.69) is 46.4 Å². The number of rotatable bonds is 5. The minimum atomic E-state index is 0.905. The van der Waals surface area contributed by atoms with Crippen LogP contribution in [0.25, 0.3) is 0 Å². The quantitative estimate of drug-likeness (QED) is 0.499. The fourth-order valence-electron chi connectivity index (χ4n) is 2.26. The maximum absolute atomic E-state index is 2.34. The third-order valence-corrected chi connectivity index (χ3v) is 5.00. The summed E-state index contributed by atoms with van der Waals surface area (Å²) < 4.78 is 0. The lowest BCUT2D eigenvalue weighted by molar-refractivity contribution is 0.480. The molecule has 0 saturated carbocycles. The Morgan fingerprint density at radius 3 is 1.55 bits per heavy atom. The summed E-state index contributed by atoms with van der Waals surface area (Å²) >= 11 is 2.15. The largest absolute Gasteiger partial charge is 0.158 e. The van der Waals surface area contributed by atoms with Crippen molar-refractivity contribution in [3.8, 4) is 0 Å². The Bertz CT molecular complexity index is 131. The molecule has 126 valence electrons. The van der Waals surface area contributed by atoms with Gasteiger partial charge in [-0.1, -0.05) is 88.0 Å². The molecule has 1 atom stereocenters. The van der Waals surface area contributed by atoms with Gasteiger partial charge in [0.15, 0.2) is 0 Å². The van der Waals surface area contributed by atoms with Crippen molar-refractivity contribution in [3.63, 3.8) is 0 Å². The first-order valence-corrected chi connectivity index (χ1v) is 10.3. The highest BCUT2D eigenvalue weighted by molar-refractivity contribution is 8.00. The topological polar surface area (TPSA) is 0 Å². The Morgan fingerprint density at radius 1 is 0.900 bits per heavy atom. The molecule has 0 aromatic heterocycles. The van der Waals surface area contributed by atoms with Gasteiger partial charge in [-0.2, -0.15) is 11.8 Å². The Balaban J connectivity index is -0.000000231. The highest BCUT2D eigenvalue weighted by atomic mass is 32.2. The summed E-state index contributed by atoms with van der Waals surface area (Å²) in [6.45, 7) is 19.5. The maximum Gasteiger partial charge on any atom is 0.00703 e. The average molecular weight is 305 g/mol. The van der Waals surface area contributed by atoms with Crippen LogP contribution in [0.4, 0.5) is 0 Å². The molecule has 1 aliphatic rings. The van der Waals surface area contributed by atoms with Crippen LogP contribution in [0.15, 0.2) is 0 Å². The molecule has 1 unspecified atom stereocenters. The molecule has 1 heteroatoms. The van der Waals surface area contributed by atoms with Crippen LogP contribution >= 0.6 is 11.8 Å². The molecule has 1 rings (SSSR count). The molecule has 0 bridgehead atoms. The number of hydrogen-bond donors (Lipinski definition) is 0. The number of thioether (sulfide) groups is 1. The molecular weight excluding hydrogens is 260 g/mol. The lowest BCUT2D eigenvalue weighted by Gasteiger charge is -2.10. The van der Waals surface area contributed by atoms with E-state index in [-0.39, 0.29) is 0 Å². The molecule has 0 aromatic rings. The van der Waals surface area contributed by atoms with Crippen LogP contribution in [0, 0.1) is 11.8 Å². The lowest BCUT2D eigenvalue weighted by Crippen LogP contribution is -2.05. The smallest absolute Gasteiger partial charge is 0.00703 e. The highest BCUT2D eigenvalue weighted by Gasteiger charge is 2.17. The van der Waals surface area contributed by atoms with Crippen molar-refractivity contribution < 1.29 is 0 Å². The first-order valence-electron chi connectivity index (χ1n) is 9.23. The lowest BCUT2D eigenvalue weighted by atomic mass is 10.0. The normalized spacial score (nSPS) is 16.6. The van der Waals surface area contributed by atoms with Gasteiger partial charge in [0.1, 0.15) is 0 Å². The van der Waals surface area contributed by atoms with Crippen molar-refractivity contribution in [1.29, 1.82) is 0 Å². The number of hydrogen-bond acceptors (Lipinski definition) is 1. The SMILES string of the molecule is CC.CC.CC(C)C1CCCS1.CCCC(C)CCC. The molecule has 20 heavy (non-hydrogen) atoms. The van der Waals surface area contributed by atoms with Gasteiger partial charge in [0.05, 0.1) is 0 Å². The predicted molar refractivity (Wildman–Crippen MR) is 102 cm³/mol. The molecule has 0 aliphatic carbocycles. The van der Waals surface area contributed by atoms with E-state index in [1.165, 1.54) is 44.3 Å². The molecule has 0 spiro atoms. The van der Waals surface area contributed by atoms with Crippen LogP contribution in [0.5, 0.6) is 0 Å². The van der Waals surface area contributed by atoms with E-state index in [9.17, 15) is 0 Å². The van der Waals surface area contributed by atoms with Crippen LogP contribution in [0.3, 0.4) is 0 Å². The standard InChI is InChI=1S/C8H18.C7H14S.2C2H6/c1-4-6-8(3)7-5-2;1-6(2)7-4-3-5-8-7;2*1-2/h8H,4-7H2,1-3H3;6-7H,3-5H2,1-2H3;2*1-2H3. The second kappa shape index (κ2) is 21.6. The van der Waals surface area contributed by atoms with E-state index in [4.69, 9.17) is 0 Å². The Labute approximate surface area is 135 Å². The van der Waals surface area contributed by atoms with Crippen LogP contribution in [-0.4, -0.2) is 11.0 Å². The van der Waals surface area contributed by atoms with Gasteiger partial charge in [-0.05, 0) is 30.4 Å². The molecule has 0 radical (unpaired) electrons. The Hall–Kier alpha value is 0.350. The van der Waals surface area contributed by atoms with Gasteiger partial charge in [-0.25, -0.2) is 0 Å². The summed E-state index contributed by atoms with van der Waals surface area (Å²) in [6, 6.07) is 0. The monoisotopic (exact) mass is 304 g/mol. The van der Waals surface area contributed by atoms with E-state index in [0.29, 0.717) is 0 Å². The summed E-state index contributed by atoms with van der Waals surface area (Å²) in [7, 11) is 0. The van der Waals surface area contributed by atoms with Gasteiger partial charge in [-0.3, -0.25) is 0 Å². The van der Waals surface area contributed by atoms with Crippen molar-refractivity contribution >= 4 is 11.8 Å². The fourth-order valence-corrected chi connectivity index (χ4v) is 3.61. The maximum atomic E-state index is 2.34. The summed E-state index contributed by atoms with van der Waals surface area (Å²) in [5, 5.41) is 0.981. The van der Waals surface area contributed by atoms with E-state index < -0.39 is 0 Å². The van der Waals surface area contributed by atoms with Crippen LogP contribution in [0.1, 0.15) is 101 Å². The average Bonchev–Trinajstić information content (AvgIpc) is 2.99. The molecule has 1 aliphatic heterocycles. The van der Waals surface area contributed by atoms with Gasteiger partial charge in [0, 0.05) is 5.25 Å². The van der Waals surface area contributed by atoms with Gasteiger partial charge in [0.25, 0.3) is 0 Å². The van der Waals surface area contributed by atoms with Gasteiger partial charge in [0.2, 0.25) is 0 Å². The zero-order chi connectivity index (χ0) is 16.4. The van der Waals surface area contributed by atoms with Crippen LogP contribution in [0.2, 0.25) is 0 Å². The minimum Gasteiger partial charge on any atom is -0.158 e. The zero-order valence-electron chi connectivity index (χ0n) is 16.1. The molecular formula is C19H44S. The third kappa shape index (κ3) is 18.4. The van der Waals surface area contributed by atoms with Crippen molar-refractivity contribution in [2.24, 2.45) is 11.8 Å². The summed E-state index contributed by atoms with van der Waals surface area (Å²) in [5.41, 5.74) is 0. The molecule has 0 amide bonds. The highest BCUT2D eigenvalue weighted by Crippen LogP contribution is 2.31. The first kappa shape index (κ1) is 25.3. The van der Waals surface area contributed by atoms with E-state index in [0.717, 1.165) is 17.1 Å². The Kier molecular flexibility index (Phi) is 27.4. The molecule has 1 saturated heterocycles. The summed E-state index contributed by atoms with van der Waals surface area (Å²) in [5.74, 6) is 3.27. The van der Waals surface area contributed by atoms with Crippen LogP contribution in [-0.2, 0) is 0 Å². The summed E-state index contributed by atoms with van der Waals surface area (Å²) in [4.78, 5) is 0. The molecule has 0 N–H and O–H groups in total. The molecule has 0 nitrogen and oxygen atoms in total. The second-order valence-corrected chi connectivity index (χ2v) is 6.83. The van der Waals surface area contributed by atoms with E-state index in [1.807, 2.05) is 27.7 Å². The van der Waals surface area contributed by atoms with Crippen molar-refractivity contribution in [3.05, 3.63) is 0 Å².